The van der Waals surface area contributed by atoms with Gasteiger partial charge >= 0.3 is 5.97 Å². The van der Waals surface area contributed by atoms with Gasteiger partial charge in [-0.15, -0.1) is 11.3 Å². The van der Waals surface area contributed by atoms with Crippen LogP contribution in [0.15, 0.2) is 49.2 Å². The number of aromatic nitrogens is 2. The molecule has 0 radical (unpaired) electrons. The number of rotatable bonds is 8. The summed E-state index contributed by atoms with van der Waals surface area (Å²) in [5.41, 5.74) is 9.53. The van der Waals surface area contributed by atoms with Gasteiger partial charge in [-0.25, -0.2) is 14.2 Å². The molecule has 0 bridgehead atoms. The molecule has 0 saturated heterocycles. The molecule has 0 aliphatic heterocycles. The molecule has 0 fully saturated rings. The van der Waals surface area contributed by atoms with Crippen LogP contribution in [0.2, 0.25) is 0 Å². The molecular weight excluding hydrogens is 453 g/mol. The van der Waals surface area contributed by atoms with Gasteiger partial charge < -0.3 is 15.4 Å². The van der Waals surface area contributed by atoms with E-state index in [1.807, 2.05) is 24.6 Å². The van der Waals surface area contributed by atoms with Crippen LogP contribution >= 0.6 is 11.3 Å². The molecule has 0 spiro atoms. The zero-order valence-electron chi connectivity index (χ0n) is 18.8. The number of halogens is 1. The molecule has 0 atom stereocenters. The number of primary amides is 1. The van der Waals surface area contributed by atoms with Gasteiger partial charge in [-0.2, -0.15) is 0 Å². The normalized spacial score (nSPS) is 11.3. The molecule has 3 aromatic heterocycles. The first-order valence-electron chi connectivity index (χ1n) is 10.8. The highest BCUT2D eigenvalue weighted by atomic mass is 32.1. The number of carboxylic acid groups (broad SMARTS) is 1. The summed E-state index contributed by atoms with van der Waals surface area (Å²) in [7, 11) is 0. The van der Waals surface area contributed by atoms with Crippen molar-refractivity contribution in [3.05, 3.63) is 82.3 Å². The van der Waals surface area contributed by atoms with Gasteiger partial charge in [-0.05, 0) is 42.2 Å². The molecule has 0 aliphatic carbocycles. The van der Waals surface area contributed by atoms with E-state index in [1.165, 1.54) is 18.2 Å². The molecule has 6 nitrogen and oxygen atoms in total. The van der Waals surface area contributed by atoms with E-state index in [0.717, 1.165) is 22.5 Å². The van der Waals surface area contributed by atoms with Gasteiger partial charge in [0, 0.05) is 34.1 Å². The van der Waals surface area contributed by atoms with Gasteiger partial charge in [0.2, 0.25) is 0 Å². The number of pyridine rings is 1. The first-order valence-corrected chi connectivity index (χ1v) is 11.6. The third-order valence-electron chi connectivity index (χ3n) is 5.51. The van der Waals surface area contributed by atoms with Crippen molar-refractivity contribution >= 4 is 40.3 Å². The molecule has 4 aromatic rings. The molecule has 8 heteroatoms. The predicted molar refractivity (Wildman–Crippen MR) is 133 cm³/mol. The molecule has 0 unspecified atom stereocenters. The number of carbonyl (C=O) groups excluding carboxylic acids is 1. The minimum absolute atomic E-state index is 0.159. The average molecular weight is 478 g/mol. The van der Waals surface area contributed by atoms with Gasteiger partial charge in [0.25, 0.3) is 5.91 Å². The van der Waals surface area contributed by atoms with Crippen LogP contribution in [-0.2, 0) is 13.0 Å². The van der Waals surface area contributed by atoms with Gasteiger partial charge in [0.15, 0.2) is 0 Å². The SMILES string of the molecule is C=Cc1cn(Cc2ccc(F)cc2)c2nc(CC(C)C)c(C(N)=O)c(-c3ccc(C(=O)O)s3)c12. The first kappa shape index (κ1) is 23.4. The second kappa shape index (κ2) is 9.23. The van der Waals surface area contributed by atoms with Crippen molar-refractivity contribution in [2.45, 2.75) is 26.8 Å². The van der Waals surface area contributed by atoms with Crippen molar-refractivity contribution in [3.63, 3.8) is 0 Å². The number of amides is 1. The lowest BCUT2D eigenvalue weighted by Gasteiger charge is -2.16. The van der Waals surface area contributed by atoms with Crippen molar-refractivity contribution in [1.82, 2.24) is 9.55 Å². The van der Waals surface area contributed by atoms with Crippen molar-refractivity contribution in [2.75, 3.05) is 0 Å². The number of hydrogen-bond donors (Lipinski definition) is 2. The van der Waals surface area contributed by atoms with Crippen molar-refractivity contribution in [1.29, 1.82) is 0 Å². The average Bonchev–Trinajstić information content (AvgIpc) is 3.39. The number of carboxylic acids is 1. The van der Waals surface area contributed by atoms with E-state index >= 15 is 0 Å². The van der Waals surface area contributed by atoms with Gasteiger partial charge in [-0.1, -0.05) is 38.6 Å². The Hall–Kier alpha value is -3.78. The Kier molecular flexibility index (Phi) is 6.34. The third-order valence-corrected chi connectivity index (χ3v) is 6.60. The molecule has 4 rings (SSSR count). The molecule has 0 saturated carbocycles. The van der Waals surface area contributed by atoms with Gasteiger partial charge in [-0.3, -0.25) is 4.79 Å². The van der Waals surface area contributed by atoms with E-state index in [2.05, 4.69) is 6.58 Å². The first-order chi connectivity index (χ1) is 16.2. The highest BCUT2D eigenvalue weighted by Crippen LogP contribution is 2.40. The maximum Gasteiger partial charge on any atom is 0.345 e. The Morgan fingerprint density at radius 2 is 1.94 bits per heavy atom. The maximum absolute atomic E-state index is 13.4. The van der Waals surface area contributed by atoms with E-state index in [4.69, 9.17) is 10.7 Å². The van der Waals surface area contributed by atoms with Crippen LogP contribution in [0.5, 0.6) is 0 Å². The summed E-state index contributed by atoms with van der Waals surface area (Å²) in [5.74, 6) is -1.77. The molecule has 34 heavy (non-hydrogen) atoms. The zero-order chi connectivity index (χ0) is 24.6. The van der Waals surface area contributed by atoms with Crippen LogP contribution < -0.4 is 5.73 Å². The summed E-state index contributed by atoms with van der Waals surface area (Å²) >= 11 is 1.08. The number of benzene rings is 1. The monoisotopic (exact) mass is 477 g/mol. The van der Waals surface area contributed by atoms with E-state index in [9.17, 15) is 19.1 Å². The molecule has 0 aliphatic rings. The van der Waals surface area contributed by atoms with Crippen LogP contribution in [0.25, 0.3) is 27.6 Å². The highest BCUT2D eigenvalue weighted by Gasteiger charge is 2.26. The molecule has 1 aromatic carbocycles. The Labute approximate surface area is 200 Å². The standard InChI is InChI=1S/C26H24FN3O3S/c1-4-16-13-30(12-15-5-7-17(27)8-6-15)25-21(16)23(19-9-10-20(34-19)26(32)33)22(24(28)31)18(29-25)11-14(2)3/h4-10,13-14H,1,11-12H2,2-3H3,(H2,28,31)(H,32,33). The van der Waals surface area contributed by atoms with Crippen LogP contribution in [-0.4, -0.2) is 26.5 Å². The summed E-state index contributed by atoms with van der Waals surface area (Å²) < 4.78 is 15.3. The van der Waals surface area contributed by atoms with Gasteiger partial charge in [0.05, 0.1) is 11.3 Å². The lowest BCUT2D eigenvalue weighted by atomic mass is 9.94. The molecule has 1 amide bonds. The van der Waals surface area contributed by atoms with E-state index in [1.54, 1.807) is 24.3 Å². The number of carbonyl (C=O) groups is 2. The number of aromatic carboxylic acids is 1. The van der Waals surface area contributed by atoms with E-state index < -0.39 is 11.9 Å². The summed E-state index contributed by atoms with van der Waals surface area (Å²) in [4.78, 5) is 29.9. The van der Waals surface area contributed by atoms with E-state index in [0.29, 0.717) is 45.7 Å². The summed E-state index contributed by atoms with van der Waals surface area (Å²) in [6.07, 6.45) is 4.07. The smallest absolute Gasteiger partial charge is 0.345 e. The Bertz CT molecular complexity index is 1420. The second-order valence-corrected chi connectivity index (χ2v) is 9.57. The Balaban J connectivity index is 2.06. The van der Waals surface area contributed by atoms with Gasteiger partial charge in [0.1, 0.15) is 16.3 Å². The van der Waals surface area contributed by atoms with E-state index in [-0.39, 0.29) is 16.6 Å². The van der Waals surface area contributed by atoms with Crippen LogP contribution in [0, 0.1) is 11.7 Å². The van der Waals surface area contributed by atoms with Crippen LogP contribution in [0.1, 0.15) is 50.7 Å². The minimum Gasteiger partial charge on any atom is -0.477 e. The largest absolute Gasteiger partial charge is 0.477 e. The third kappa shape index (κ3) is 4.36. The molecule has 3 heterocycles. The summed E-state index contributed by atoms with van der Waals surface area (Å²) in [6, 6.07) is 9.44. The summed E-state index contributed by atoms with van der Waals surface area (Å²) in [6.45, 7) is 8.41. The summed E-state index contributed by atoms with van der Waals surface area (Å²) in [5, 5.41) is 10.1. The van der Waals surface area contributed by atoms with Crippen LogP contribution in [0.3, 0.4) is 0 Å². The Morgan fingerprint density at radius 3 is 2.50 bits per heavy atom. The molecular formula is C26H24FN3O3S. The lowest BCUT2D eigenvalue weighted by Crippen LogP contribution is -2.18. The second-order valence-electron chi connectivity index (χ2n) is 8.48. The number of fused-ring (bicyclic) bond motifs is 1. The van der Waals surface area contributed by atoms with Crippen molar-refractivity contribution in [3.8, 4) is 10.4 Å². The minimum atomic E-state index is -1.04. The number of nitrogens with zero attached hydrogens (tertiary/aromatic N) is 2. The Morgan fingerprint density at radius 1 is 1.24 bits per heavy atom. The fraction of sp³-hybridized carbons (Fsp3) is 0.192. The van der Waals surface area contributed by atoms with Crippen molar-refractivity contribution < 1.29 is 19.1 Å². The molecule has 3 N–H and O–H groups in total. The molecule has 174 valence electrons. The quantitative estimate of drug-likeness (QED) is 0.346. The lowest BCUT2D eigenvalue weighted by molar-refractivity contribution is 0.0702. The van der Waals surface area contributed by atoms with Crippen LogP contribution in [0.4, 0.5) is 4.39 Å². The zero-order valence-corrected chi connectivity index (χ0v) is 19.7. The fourth-order valence-corrected chi connectivity index (χ4v) is 4.99. The highest BCUT2D eigenvalue weighted by molar-refractivity contribution is 7.17. The number of nitrogens with two attached hydrogens (primary N) is 1. The predicted octanol–water partition coefficient (Wildman–Crippen LogP) is 5.59. The fourth-order valence-electron chi connectivity index (χ4n) is 4.09. The number of hydrogen-bond acceptors (Lipinski definition) is 4. The number of thiophene rings is 1. The topological polar surface area (TPSA) is 98.2 Å². The maximum atomic E-state index is 13.4. The van der Waals surface area contributed by atoms with Crippen molar-refractivity contribution in [2.24, 2.45) is 11.7 Å².